The Labute approximate surface area is 232 Å². The molecule has 1 heterocycles. The van der Waals surface area contributed by atoms with Gasteiger partial charge in [0, 0.05) is 26.7 Å². The highest BCUT2D eigenvalue weighted by molar-refractivity contribution is 5.97. The van der Waals surface area contributed by atoms with Crippen LogP contribution in [0.1, 0.15) is 47.2 Å². The molecule has 0 radical (unpaired) electrons. The molecule has 0 fully saturated rings. The van der Waals surface area contributed by atoms with Crippen molar-refractivity contribution in [2.24, 2.45) is 0 Å². The van der Waals surface area contributed by atoms with Gasteiger partial charge in [-0.25, -0.2) is 0 Å². The molecule has 2 amide bonds. The molecule has 0 aliphatic carbocycles. The van der Waals surface area contributed by atoms with E-state index in [-0.39, 0.29) is 17.9 Å². The van der Waals surface area contributed by atoms with Crippen molar-refractivity contribution in [2.45, 2.75) is 44.6 Å². The molecular formula is C33H40N2O4. The van der Waals surface area contributed by atoms with Crippen molar-refractivity contribution in [3.63, 3.8) is 0 Å². The van der Waals surface area contributed by atoms with Crippen LogP contribution in [-0.2, 0) is 22.4 Å². The lowest BCUT2D eigenvalue weighted by atomic mass is 10.0. The highest BCUT2D eigenvalue weighted by Gasteiger charge is 2.26. The summed E-state index contributed by atoms with van der Waals surface area (Å²) in [5.41, 5.74) is 2.71. The molecule has 3 aromatic rings. The highest BCUT2D eigenvalue weighted by Crippen LogP contribution is 2.23. The van der Waals surface area contributed by atoms with E-state index in [0.717, 1.165) is 36.8 Å². The van der Waals surface area contributed by atoms with E-state index in [2.05, 4.69) is 12.1 Å². The molecule has 1 aliphatic rings. The number of benzene rings is 3. The first-order valence-corrected chi connectivity index (χ1v) is 14.0. The van der Waals surface area contributed by atoms with Crippen LogP contribution in [0.4, 0.5) is 0 Å². The van der Waals surface area contributed by atoms with Crippen molar-refractivity contribution in [2.75, 3.05) is 40.0 Å². The van der Waals surface area contributed by atoms with Crippen LogP contribution in [0.5, 0.6) is 5.75 Å². The zero-order valence-corrected chi connectivity index (χ0v) is 23.0. The van der Waals surface area contributed by atoms with Gasteiger partial charge in [-0.05, 0) is 42.5 Å². The second-order valence-electron chi connectivity index (χ2n) is 10.1. The van der Waals surface area contributed by atoms with E-state index < -0.39 is 0 Å². The number of nitrogens with zero attached hydrogens (tertiary/aromatic N) is 2. The Morgan fingerprint density at radius 1 is 0.846 bits per heavy atom. The van der Waals surface area contributed by atoms with Gasteiger partial charge >= 0.3 is 0 Å². The van der Waals surface area contributed by atoms with Gasteiger partial charge in [-0.2, -0.15) is 0 Å². The monoisotopic (exact) mass is 528 g/mol. The largest absolute Gasteiger partial charge is 0.491 e. The van der Waals surface area contributed by atoms with Gasteiger partial charge in [0.1, 0.15) is 12.4 Å². The summed E-state index contributed by atoms with van der Waals surface area (Å²) in [4.78, 5) is 31.2. The minimum atomic E-state index is -0.167. The van der Waals surface area contributed by atoms with E-state index in [9.17, 15) is 9.59 Å². The maximum absolute atomic E-state index is 13.7. The number of ether oxygens (including phenoxy) is 2. The molecule has 0 unspecified atom stereocenters. The van der Waals surface area contributed by atoms with Crippen LogP contribution in [-0.4, -0.2) is 67.6 Å². The number of carbonyl (C=O) groups is 2. The summed E-state index contributed by atoms with van der Waals surface area (Å²) in [6.45, 7) is 2.69. The lowest BCUT2D eigenvalue weighted by Crippen LogP contribution is -2.46. The van der Waals surface area contributed by atoms with E-state index >= 15 is 0 Å². The molecule has 0 spiro atoms. The molecule has 1 atom stereocenters. The van der Waals surface area contributed by atoms with Gasteiger partial charge in [-0.3, -0.25) is 9.59 Å². The average molecular weight is 529 g/mol. The van der Waals surface area contributed by atoms with Crippen molar-refractivity contribution in [3.8, 4) is 5.75 Å². The fourth-order valence-corrected chi connectivity index (χ4v) is 5.11. The molecule has 0 N–H and O–H groups in total. The fourth-order valence-electron chi connectivity index (χ4n) is 5.11. The standard InChI is InChI=1S/C33H40N2O4/c1-38-23-22-34-20-12-2-3-13-21-35(32(36)25-28-16-8-5-9-17-28)29(24-27-14-6-4-7-15-27)26-39-31-19-11-10-18-30(31)33(34)37/h4-11,14-19,29H,2-3,12-13,20-26H2,1H3/t29-/m0/s1. The molecule has 0 bridgehead atoms. The summed E-state index contributed by atoms with van der Waals surface area (Å²) in [5, 5.41) is 0. The maximum Gasteiger partial charge on any atom is 0.257 e. The van der Waals surface area contributed by atoms with E-state index in [1.165, 1.54) is 0 Å². The minimum Gasteiger partial charge on any atom is -0.491 e. The van der Waals surface area contributed by atoms with Crippen LogP contribution in [0.15, 0.2) is 84.9 Å². The number of hydrogen-bond donors (Lipinski definition) is 0. The summed E-state index contributed by atoms with van der Waals surface area (Å²) in [5.74, 6) is 0.611. The molecule has 6 nitrogen and oxygen atoms in total. The summed E-state index contributed by atoms with van der Waals surface area (Å²) in [6.07, 6.45) is 4.85. The highest BCUT2D eigenvalue weighted by atomic mass is 16.5. The number of hydrogen-bond acceptors (Lipinski definition) is 4. The first-order valence-electron chi connectivity index (χ1n) is 14.0. The molecule has 0 aromatic heterocycles. The van der Waals surface area contributed by atoms with Gasteiger partial charge in [0.25, 0.3) is 5.91 Å². The fraction of sp³-hybridized carbons (Fsp3) is 0.394. The number of fused-ring (bicyclic) bond motifs is 1. The number of para-hydroxylation sites is 1. The Hall–Kier alpha value is -3.64. The smallest absolute Gasteiger partial charge is 0.257 e. The number of carbonyl (C=O) groups excluding carboxylic acids is 2. The molecule has 39 heavy (non-hydrogen) atoms. The van der Waals surface area contributed by atoms with Crippen molar-refractivity contribution < 1.29 is 19.1 Å². The minimum absolute atomic E-state index is 0.0451. The van der Waals surface area contributed by atoms with Crippen LogP contribution >= 0.6 is 0 Å². The number of methoxy groups -OCH3 is 1. The van der Waals surface area contributed by atoms with Crippen LogP contribution in [0, 0.1) is 0 Å². The lowest BCUT2D eigenvalue weighted by Gasteiger charge is -2.33. The molecular weight excluding hydrogens is 488 g/mol. The van der Waals surface area contributed by atoms with Crippen molar-refractivity contribution >= 4 is 11.8 Å². The third-order valence-corrected chi connectivity index (χ3v) is 7.25. The van der Waals surface area contributed by atoms with E-state index in [1.54, 1.807) is 7.11 Å². The van der Waals surface area contributed by atoms with Crippen molar-refractivity contribution in [1.82, 2.24) is 9.80 Å². The molecule has 0 saturated carbocycles. The van der Waals surface area contributed by atoms with Gasteiger partial charge in [-0.15, -0.1) is 0 Å². The zero-order chi connectivity index (χ0) is 27.3. The first kappa shape index (κ1) is 28.4. The van der Waals surface area contributed by atoms with Crippen LogP contribution in [0.3, 0.4) is 0 Å². The Kier molecular flexibility index (Phi) is 11.0. The SMILES string of the molecule is COCCN1CCCCCCN(C(=O)Cc2ccccc2)[C@@H](Cc2ccccc2)COc2ccccc2C1=O. The quantitative estimate of drug-likeness (QED) is 0.412. The van der Waals surface area contributed by atoms with Crippen LogP contribution < -0.4 is 4.74 Å². The zero-order valence-electron chi connectivity index (χ0n) is 23.0. The van der Waals surface area contributed by atoms with E-state index in [1.807, 2.05) is 82.6 Å². The normalized spacial score (nSPS) is 17.2. The van der Waals surface area contributed by atoms with E-state index in [0.29, 0.717) is 57.0 Å². The second-order valence-corrected chi connectivity index (χ2v) is 10.1. The Bertz CT molecular complexity index is 1170. The number of rotatable bonds is 7. The molecule has 6 heteroatoms. The second kappa shape index (κ2) is 15.1. The van der Waals surface area contributed by atoms with Gasteiger partial charge in [-0.1, -0.05) is 85.6 Å². The van der Waals surface area contributed by atoms with Crippen molar-refractivity contribution in [3.05, 3.63) is 102 Å². The summed E-state index contributed by atoms with van der Waals surface area (Å²) < 4.78 is 11.7. The topological polar surface area (TPSA) is 59.1 Å². The number of amides is 2. The third-order valence-electron chi connectivity index (χ3n) is 7.25. The Morgan fingerprint density at radius 3 is 2.21 bits per heavy atom. The Morgan fingerprint density at radius 2 is 1.49 bits per heavy atom. The maximum atomic E-state index is 13.7. The lowest BCUT2D eigenvalue weighted by molar-refractivity contribution is -0.133. The summed E-state index contributed by atoms with van der Waals surface area (Å²) in [6, 6.07) is 27.4. The van der Waals surface area contributed by atoms with Gasteiger partial charge in [0.2, 0.25) is 5.91 Å². The molecule has 3 aromatic carbocycles. The predicted molar refractivity (Wildman–Crippen MR) is 154 cm³/mol. The summed E-state index contributed by atoms with van der Waals surface area (Å²) in [7, 11) is 1.66. The van der Waals surface area contributed by atoms with E-state index in [4.69, 9.17) is 9.47 Å². The van der Waals surface area contributed by atoms with Gasteiger partial charge in [0.15, 0.2) is 0 Å². The van der Waals surface area contributed by atoms with Crippen molar-refractivity contribution in [1.29, 1.82) is 0 Å². The molecule has 1 aliphatic heterocycles. The molecule has 4 rings (SSSR count). The third kappa shape index (κ3) is 8.42. The molecule has 0 saturated heterocycles. The van der Waals surface area contributed by atoms with Crippen LogP contribution in [0.25, 0.3) is 0 Å². The van der Waals surface area contributed by atoms with Gasteiger partial charge < -0.3 is 19.3 Å². The molecule has 206 valence electrons. The summed E-state index contributed by atoms with van der Waals surface area (Å²) >= 11 is 0. The van der Waals surface area contributed by atoms with Crippen LogP contribution in [0.2, 0.25) is 0 Å². The van der Waals surface area contributed by atoms with Gasteiger partial charge in [0.05, 0.1) is 24.6 Å². The average Bonchev–Trinajstić information content (AvgIpc) is 2.97. The first-order chi connectivity index (χ1) is 19.2. The Balaban J connectivity index is 1.63. The predicted octanol–water partition coefficient (Wildman–Crippen LogP) is 5.41.